The van der Waals surface area contributed by atoms with Crippen LogP contribution in [0.25, 0.3) is 0 Å². The minimum absolute atomic E-state index is 0.149. The van der Waals surface area contributed by atoms with E-state index in [0.717, 1.165) is 5.56 Å². The molecule has 0 aliphatic carbocycles. The highest BCUT2D eigenvalue weighted by atomic mass is 32.2. The summed E-state index contributed by atoms with van der Waals surface area (Å²) >= 11 is 0. The summed E-state index contributed by atoms with van der Waals surface area (Å²) in [5.74, 6) is 5.30. The summed E-state index contributed by atoms with van der Waals surface area (Å²) in [6.07, 6.45) is 0. The van der Waals surface area contributed by atoms with Crippen molar-refractivity contribution in [3.8, 4) is 11.8 Å². The van der Waals surface area contributed by atoms with Crippen LogP contribution < -0.4 is 4.72 Å². The topological polar surface area (TPSA) is 66.4 Å². The van der Waals surface area contributed by atoms with Crippen molar-refractivity contribution < 1.29 is 13.5 Å². The van der Waals surface area contributed by atoms with Gasteiger partial charge in [-0.15, -0.1) is 0 Å². The fraction of sp³-hybridized carbons (Fsp3) is 0.385. The normalized spacial score (nSPS) is 11.2. The Kier molecular flexibility index (Phi) is 4.91. The van der Waals surface area contributed by atoms with Gasteiger partial charge in [0.2, 0.25) is 10.0 Å². The van der Waals surface area contributed by atoms with E-state index in [1.165, 1.54) is 6.07 Å². The molecule has 0 bridgehead atoms. The van der Waals surface area contributed by atoms with Gasteiger partial charge in [0, 0.05) is 11.6 Å². The first-order chi connectivity index (χ1) is 8.36. The number of aliphatic hydroxyl groups excluding tert-OH is 1. The first-order valence-corrected chi connectivity index (χ1v) is 7.08. The molecule has 2 N–H and O–H groups in total. The van der Waals surface area contributed by atoms with E-state index in [1.807, 2.05) is 0 Å². The van der Waals surface area contributed by atoms with Crippen LogP contribution in [0.1, 0.15) is 25.0 Å². The molecule has 0 aliphatic heterocycles. The zero-order valence-corrected chi connectivity index (χ0v) is 11.5. The third-order valence-electron chi connectivity index (χ3n) is 2.20. The fourth-order valence-electron chi connectivity index (χ4n) is 1.46. The second-order valence-electron chi connectivity index (χ2n) is 4.21. The van der Waals surface area contributed by atoms with E-state index < -0.39 is 10.0 Å². The summed E-state index contributed by atoms with van der Waals surface area (Å²) in [6.45, 7) is 5.11. The molecule has 0 heterocycles. The molecule has 18 heavy (non-hydrogen) atoms. The standard InChI is InChI=1S/C13H17NO3S/c1-10(2)14-18(16,17)13-7-6-12(5-4-8-15)11(3)9-13/h6-7,9-10,14-15H,8H2,1-3H3. The van der Waals surface area contributed by atoms with Gasteiger partial charge in [-0.25, -0.2) is 13.1 Å². The molecular formula is C13H17NO3S. The van der Waals surface area contributed by atoms with E-state index in [4.69, 9.17) is 5.11 Å². The molecule has 0 atom stereocenters. The molecule has 5 heteroatoms. The number of hydrogen-bond donors (Lipinski definition) is 2. The highest BCUT2D eigenvalue weighted by molar-refractivity contribution is 7.89. The van der Waals surface area contributed by atoms with Gasteiger partial charge in [-0.05, 0) is 44.5 Å². The maximum atomic E-state index is 11.9. The SMILES string of the molecule is Cc1cc(S(=O)(=O)NC(C)C)ccc1C#CCO. The van der Waals surface area contributed by atoms with E-state index in [2.05, 4.69) is 16.6 Å². The summed E-state index contributed by atoms with van der Waals surface area (Å²) in [7, 11) is -3.47. The third kappa shape index (κ3) is 3.84. The Morgan fingerprint density at radius 1 is 1.39 bits per heavy atom. The molecule has 0 saturated heterocycles. The summed E-state index contributed by atoms with van der Waals surface area (Å²) in [5.41, 5.74) is 1.48. The van der Waals surface area contributed by atoms with Gasteiger partial charge < -0.3 is 5.11 Å². The fourth-order valence-corrected chi connectivity index (χ4v) is 2.79. The van der Waals surface area contributed by atoms with Crippen LogP contribution in [-0.4, -0.2) is 26.2 Å². The maximum Gasteiger partial charge on any atom is 0.240 e. The highest BCUT2D eigenvalue weighted by Gasteiger charge is 2.15. The number of nitrogens with one attached hydrogen (secondary N) is 1. The lowest BCUT2D eigenvalue weighted by atomic mass is 10.1. The molecule has 0 saturated carbocycles. The highest BCUT2D eigenvalue weighted by Crippen LogP contribution is 2.15. The molecule has 1 aromatic rings. The van der Waals surface area contributed by atoms with Crippen LogP contribution in [0.3, 0.4) is 0 Å². The maximum absolute atomic E-state index is 11.9. The van der Waals surface area contributed by atoms with Crippen LogP contribution in [0.15, 0.2) is 23.1 Å². The summed E-state index contributed by atoms with van der Waals surface area (Å²) in [5, 5.41) is 8.62. The predicted octanol–water partition coefficient (Wildman–Crippen LogP) is 1.03. The van der Waals surface area contributed by atoms with Gasteiger partial charge in [-0.1, -0.05) is 11.8 Å². The molecule has 98 valence electrons. The van der Waals surface area contributed by atoms with E-state index in [9.17, 15) is 8.42 Å². The molecule has 0 aromatic heterocycles. The van der Waals surface area contributed by atoms with Gasteiger partial charge in [-0.3, -0.25) is 0 Å². The molecule has 0 fully saturated rings. The first-order valence-electron chi connectivity index (χ1n) is 5.59. The molecule has 0 aliphatic rings. The Bertz CT molecular complexity index is 580. The van der Waals surface area contributed by atoms with Crippen LogP contribution in [-0.2, 0) is 10.0 Å². The van der Waals surface area contributed by atoms with Crippen molar-refractivity contribution in [1.82, 2.24) is 4.72 Å². The Balaban J connectivity index is 3.12. The summed E-state index contributed by atoms with van der Waals surface area (Å²) in [4.78, 5) is 0.225. The van der Waals surface area contributed by atoms with E-state index in [-0.39, 0.29) is 17.5 Å². The van der Waals surface area contributed by atoms with Crippen LogP contribution in [0.4, 0.5) is 0 Å². The van der Waals surface area contributed by atoms with Crippen molar-refractivity contribution in [1.29, 1.82) is 0 Å². The van der Waals surface area contributed by atoms with E-state index >= 15 is 0 Å². The lowest BCUT2D eigenvalue weighted by Crippen LogP contribution is -2.30. The molecule has 0 amide bonds. The smallest absolute Gasteiger partial charge is 0.240 e. The van der Waals surface area contributed by atoms with Gasteiger partial charge in [-0.2, -0.15) is 0 Å². The number of sulfonamides is 1. The van der Waals surface area contributed by atoms with Crippen LogP contribution in [0.5, 0.6) is 0 Å². The number of benzene rings is 1. The van der Waals surface area contributed by atoms with E-state index in [1.54, 1.807) is 32.9 Å². The van der Waals surface area contributed by atoms with Crippen molar-refractivity contribution >= 4 is 10.0 Å². The van der Waals surface area contributed by atoms with Crippen LogP contribution in [0.2, 0.25) is 0 Å². The average molecular weight is 267 g/mol. The lowest BCUT2D eigenvalue weighted by Gasteiger charge is -2.10. The largest absolute Gasteiger partial charge is 0.384 e. The molecule has 0 spiro atoms. The van der Waals surface area contributed by atoms with Crippen LogP contribution >= 0.6 is 0 Å². The van der Waals surface area contributed by atoms with Gasteiger partial charge in [0.25, 0.3) is 0 Å². The molecule has 0 unspecified atom stereocenters. The van der Waals surface area contributed by atoms with Crippen molar-refractivity contribution in [2.75, 3.05) is 6.61 Å². The lowest BCUT2D eigenvalue weighted by molar-refractivity contribution is 0.350. The number of rotatable bonds is 3. The van der Waals surface area contributed by atoms with Crippen molar-refractivity contribution in [2.24, 2.45) is 0 Å². The van der Waals surface area contributed by atoms with Gasteiger partial charge in [0.15, 0.2) is 0 Å². The van der Waals surface area contributed by atoms with Gasteiger partial charge in [0.1, 0.15) is 6.61 Å². The van der Waals surface area contributed by atoms with Crippen molar-refractivity contribution in [3.63, 3.8) is 0 Å². The van der Waals surface area contributed by atoms with Gasteiger partial charge in [0.05, 0.1) is 4.90 Å². The van der Waals surface area contributed by atoms with Crippen molar-refractivity contribution in [2.45, 2.75) is 31.7 Å². The second-order valence-corrected chi connectivity index (χ2v) is 5.93. The minimum Gasteiger partial charge on any atom is -0.384 e. The van der Waals surface area contributed by atoms with Crippen molar-refractivity contribution in [3.05, 3.63) is 29.3 Å². The first kappa shape index (κ1) is 14.7. The summed E-state index contributed by atoms with van der Waals surface area (Å²) < 4.78 is 26.4. The zero-order valence-electron chi connectivity index (χ0n) is 10.7. The summed E-state index contributed by atoms with van der Waals surface area (Å²) in [6, 6.07) is 4.59. The number of aliphatic hydroxyl groups is 1. The Morgan fingerprint density at radius 3 is 2.56 bits per heavy atom. The Morgan fingerprint density at radius 2 is 2.06 bits per heavy atom. The monoisotopic (exact) mass is 267 g/mol. The molecule has 1 aromatic carbocycles. The quantitative estimate of drug-likeness (QED) is 0.804. The molecule has 1 rings (SSSR count). The van der Waals surface area contributed by atoms with E-state index in [0.29, 0.717) is 5.56 Å². The average Bonchev–Trinajstić information content (AvgIpc) is 2.25. The Hall–Kier alpha value is -1.35. The Labute approximate surface area is 108 Å². The number of aryl methyl sites for hydroxylation is 1. The minimum atomic E-state index is -3.47. The predicted molar refractivity (Wildman–Crippen MR) is 70.6 cm³/mol. The van der Waals surface area contributed by atoms with Gasteiger partial charge >= 0.3 is 0 Å². The third-order valence-corrected chi connectivity index (χ3v) is 3.86. The molecular weight excluding hydrogens is 250 g/mol. The zero-order chi connectivity index (χ0) is 13.8. The molecule has 4 nitrogen and oxygen atoms in total. The molecule has 0 radical (unpaired) electrons. The second kappa shape index (κ2) is 6.01. The number of hydrogen-bond acceptors (Lipinski definition) is 3. The van der Waals surface area contributed by atoms with Crippen LogP contribution in [0, 0.1) is 18.8 Å².